The normalized spacial score (nSPS) is 20.0. The number of amides is 1. The van der Waals surface area contributed by atoms with Gasteiger partial charge in [0, 0.05) is 57.8 Å². The van der Waals surface area contributed by atoms with Crippen LogP contribution in [0.5, 0.6) is 5.75 Å². The number of ether oxygens (including phenoxy) is 1. The SMILES string of the molecule is O=C(O)N1CCC(Oc2ccc(N3CCNCC3)cc2)CC1. The van der Waals surface area contributed by atoms with E-state index in [4.69, 9.17) is 9.84 Å². The molecule has 0 radical (unpaired) electrons. The molecule has 0 aliphatic carbocycles. The lowest BCUT2D eigenvalue weighted by molar-refractivity contribution is 0.0895. The van der Waals surface area contributed by atoms with E-state index in [0.717, 1.165) is 44.8 Å². The van der Waals surface area contributed by atoms with E-state index in [-0.39, 0.29) is 6.10 Å². The fourth-order valence-electron chi connectivity index (χ4n) is 3.02. The van der Waals surface area contributed by atoms with Crippen LogP contribution in [0.25, 0.3) is 0 Å². The third kappa shape index (κ3) is 3.62. The van der Waals surface area contributed by atoms with Gasteiger partial charge < -0.3 is 25.0 Å². The van der Waals surface area contributed by atoms with E-state index >= 15 is 0 Å². The summed E-state index contributed by atoms with van der Waals surface area (Å²) in [5, 5.41) is 12.3. The maximum Gasteiger partial charge on any atom is 0.407 e. The van der Waals surface area contributed by atoms with Crippen LogP contribution >= 0.6 is 0 Å². The highest BCUT2D eigenvalue weighted by Crippen LogP contribution is 2.23. The van der Waals surface area contributed by atoms with Gasteiger partial charge in [0.25, 0.3) is 0 Å². The molecular formula is C16H23N3O3. The van der Waals surface area contributed by atoms with Crippen LogP contribution < -0.4 is 15.0 Å². The van der Waals surface area contributed by atoms with Crippen molar-refractivity contribution in [2.24, 2.45) is 0 Å². The van der Waals surface area contributed by atoms with Gasteiger partial charge >= 0.3 is 6.09 Å². The molecule has 0 bridgehead atoms. The van der Waals surface area contributed by atoms with Gasteiger partial charge in [-0.3, -0.25) is 0 Å². The lowest BCUT2D eigenvalue weighted by Gasteiger charge is -2.31. The molecule has 1 aromatic rings. The minimum Gasteiger partial charge on any atom is -0.490 e. The number of benzene rings is 1. The van der Waals surface area contributed by atoms with E-state index in [0.29, 0.717) is 13.1 Å². The first-order valence-electron chi connectivity index (χ1n) is 7.92. The van der Waals surface area contributed by atoms with Gasteiger partial charge in [-0.2, -0.15) is 0 Å². The molecule has 2 aliphatic heterocycles. The van der Waals surface area contributed by atoms with Gasteiger partial charge in [-0.1, -0.05) is 0 Å². The Morgan fingerprint density at radius 3 is 2.32 bits per heavy atom. The molecule has 2 saturated heterocycles. The largest absolute Gasteiger partial charge is 0.490 e. The molecule has 2 fully saturated rings. The number of piperazine rings is 1. The van der Waals surface area contributed by atoms with Crippen LogP contribution in [0.2, 0.25) is 0 Å². The van der Waals surface area contributed by atoms with Crippen LogP contribution in [0, 0.1) is 0 Å². The van der Waals surface area contributed by atoms with Gasteiger partial charge in [-0.05, 0) is 24.3 Å². The summed E-state index contributed by atoms with van der Waals surface area (Å²) in [5.74, 6) is 0.868. The summed E-state index contributed by atoms with van der Waals surface area (Å²) in [6.07, 6.45) is 0.789. The second-order valence-electron chi connectivity index (χ2n) is 5.82. The number of anilines is 1. The number of rotatable bonds is 3. The Morgan fingerprint density at radius 2 is 1.73 bits per heavy atom. The first-order valence-corrected chi connectivity index (χ1v) is 7.92. The van der Waals surface area contributed by atoms with E-state index in [9.17, 15) is 4.79 Å². The van der Waals surface area contributed by atoms with Crippen molar-refractivity contribution in [2.75, 3.05) is 44.2 Å². The summed E-state index contributed by atoms with van der Waals surface area (Å²) >= 11 is 0. The molecule has 2 aliphatic rings. The fourth-order valence-corrected chi connectivity index (χ4v) is 3.02. The highest BCUT2D eigenvalue weighted by atomic mass is 16.5. The number of piperidine rings is 1. The topological polar surface area (TPSA) is 65.0 Å². The van der Waals surface area contributed by atoms with E-state index < -0.39 is 6.09 Å². The average molecular weight is 305 g/mol. The number of hydrogen-bond acceptors (Lipinski definition) is 4. The molecule has 120 valence electrons. The monoisotopic (exact) mass is 305 g/mol. The van der Waals surface area contributed by atoms with Crippen molar-refractivity contribution in [3.8, 4) is 5.75 Å². The van der Waals surface area contributed by atoms with Crippen molar-refractivity contribution in [1.82, 2.24) is 10.2 Å². The summed E-state index contributed by atoms with van der Waals surface area (Å²) in [7, 11) is 0. The van der Waals surface area contributed by atoms with Crippen LogP contribution in [0.15, 0.2) is 24.3 Å². The first kappa shape index (κ1) is 15.0. The molecular weight excluding hydrogens is 282 g/mol. The number of nitrogens with zero attached hydrogens (tertiary/aromatic N) is 2. The van der Waals surface area contributed by atoms with Gasteiger partial charge in [0.05, 0.1) is 0 Å². The summed E-state index contributed by atoms with van der Waals surface area (Å²) in [6, 6.07) is 8.24. The third-order valence-corrected chi connectivity index (χ3v) is 4.33. The van der Waals surface area contributed by atoms with E-state index in [2.05, 4.69) is 22.3 Å². The molecule has 0 atom stereocenters. The van der Waals surface area contributed by atoms with E-state index in [1.54, 1.807) is 0 Å². The molecule has 6 heteroatoms. The molecule has 0 aromatic heterocycles. The Balaban J connectivity index is 1.52. The number of nitrogens with one attached hydrogen (secondary N) is 1. The number of carboxylic acid groups (broad SMARTS) is 1. The van der Waals surface area contributed by atoms with Crippen molar-refractivity contribution in [3.63, 3.8) is 0 Å². The predicted molar refractivity (Wildman–Crippen MR) is 84.8 cm³/mol. The number of likely N-dealkylation sites (tertiary alicyclic amines) is 1. The minimum absolute atomic E-state index is 0.112. The molecule has 1 amide bonds. The molecule has 1 aromatic carbocycles. The molecule has 0 saturated carbocycles. The van der Waals surface area contributed by atoms with Gasteiger partial charge in [0.1, 0.15) is 11.9 Å². The van der Waals surface area contributed by atoms with Crippen LogP contribution in [-0.2, 0) is 0 Å². The van der Waals surface area contributed by atoms with Gasteiger partial charge in [-0.25, -0.2) is 4.79 Å². The zero-order valence-electron chi connectivity index (χ0n) is 12.7. The summed E-state index contributed by atoms with van der Waals surface area (Å²) in [4.78, 5) is 14.7. The van der Waals surface area contributed by atoms with E-state index in [1.807, 2.05) is 12.1 Å². The molecule has 22 heavy (non-hydrogen) atoms. The van der Waals surface area contributed by atoms with Crippen molar-refractivity contribution < 1.29 is 14.6 Å². The highest BCUT2D eigenvalue weighted by Gasteiger charge is 2.23. The second kappa shape index (κ2) is 6.87. The Labute approximate surface area is 130 Å². The lowest BCUT2D eigenvalue weighted by atomic mass is 10.1. The van der Waals surface area contributed by atoms with E-state index in [1.165, 1.54) is 10.6 Å². The molecule has 2 N–H and O–H groups in total. The standard InChI is InChI=1S/C16H23N3O3/c20-16(21)19-9-5-15(6-10-19)22-14-3-1-13(2-4-14)18-11-7-17-8-12-18/h1-4,15,17H,5-12H2,(H,20,21). The van der Waals surface area contributed by atoms with Crippen LogP contribution in [0.3, 0.4) is 0 Å². The van der Waals surface area contributed by atoms with Crippen LogP contribution in [0.4, 0.5) is 10.5 Å². The third-order valence-electron chi connectivity index (χ3n) is 4.33. The molecule has 0 unspecified atom stereocenters. The average Bonchev–Trinajstić information content (AvgIpc) is 2.57. The lowest BCUT2D eigenvalue weighted by Crippen LogP contribution is -2.43. The zero-order chi connectivity index (χ0) is 15.4. The first-order chi connectivity index (χ1) is 10.7. The van der Waals surface area contributed by atoms with Gasteiger partial charge in [0.2, 0.25) is 0 Å². The van der Waals surface area contributed by atoms with Crippen LogP contribution in [0.1, 0.15) is 12.8 Å². The summed E-state index contributed by atoms with van der Waals surface area (Å²) in [6.45, 7) is 5.24. The second-order valence-corrected chi connectivity index (χ2v) is 5.82. The predicted octanol–water partition coefficient (Wildman–Crippen LogP) is 1.62. The van der Waals surface area contributed by atoms with Crippen molar-refractivity contribution in [1.29, 1.82) is 0 Å². The molecule has 2 heterocycles. The maximum atomic E-state index is 10.9. The smallest absolute Gasteiger partial charge is 0.407 e. The molecule has 3 rings (SSSR count). The Kier molecular flexibility index (Phi) is 4.68. The highest BCUT2D eigenvalue weighted by molar-refractivity contribution is 5.65. The minimum atomic E-state index is -0.834. The maximum absolute atomic E-state index is 10.9. The Morgan fingerprint density at radius 1 is 1.09 bits per heavy atom. The van der Waals surface area contributed by atoms with Crippen molar-refractivity contribution >= 4 is 11.8 Å². The van der Waals surface area contributed by atoms with Gasteiger partial charge in [-0.15, -0.1) is 0 Å². The Hall–Kier alpha value is -1.95. The molecule has 6 nitrogen and oxygen atoms in total. The number of carbonyl (C=O) groups is 1. The number of hydrogen-bond donors (Lipinski definition) is 2. The summed E-state index contributed by atoms with van der Waals surface area (Å²) in [5.41, 5.74) is 1.23. The molecule has 0 spiro atoms. The quantitative estimate of drug-likeness (QED) is 0.888. The van der Waals surface area contributed by atoms with Crippen molar-refractivity contribution in [3.05, 3.63) is 24.3 Å². The Bertz CT molecular complexity index is 492. The summed E-state index contributed by atoms with van der Waals surface area (Å²) < 4.78 is 5.98. The van der Waals surface area contributed by atoms with Crippen LogP contribution in [-0.4, -0.2) is 61.5 Å². The zero-order valence-corrected chi connectivity index (χ0v) is 12.7. The van der Waals surface area contributed by atoms with Gasteiger partial charge in [0.15, 0.2) is 0 Å². The fraction of sp³-hybridized carbons (Fsp3) is 0.562. The van der Waals surface area contributed by atoms with Crippen molar-refractivity contribution in [2.45, 2.75) is 18.9 Å².